The summed E-state index contributed by atoms with van der Waals surface area (Å²) < 4.78 is 2.26. The first kappa shape index (κ1) is 11.2. The van der Waals surface area contributed by atoms with E-state index in [0.717, 1.165) is 0 Å². The van der Waals surface area contributed by atoms with E-state index in [0.29, 0.717) is 0 Å². The van der Waals surface area contributed by atoms with Gasteiger partial charge < -0.3 is 0 Å². The predicted molar refractivity (Wildman–Crippen MR) is 83.0 cm³/mol. The molecule has 0 saturated carbocycles. The fraction of sp³-hybridized carbons (Fsp3) is 0. The number of benzene rings is 3. The van der Waals surface area contributed by atoms with Gasteiger partial charge in [0.2, 0.25) is 11.2 Å². The van der Waals surface area contributed by atoms with Gasteiger partial charge in [0.1, 0.15) is 0 Å². The minimum atomic E-state index is 1.22. The van der Waals surface area contributed by atoms with Gasteiger partial charge in [-0.25, -0.2) is 0 Å². The zero-order chi connectivity index (χ0) is 13.4. The van der Waals surface area contributed by atoms with E-state index in [1.807, 2.05) is 0 Å². The summed E-state index contributed by atoms with van der Waals surface area (Å²) in [4.78, 5) is 0. The van der Waals surface area contributed by atoms with Gasteiger partial charge in [-0.05, 0) is 23.6 Å². The Labute approximate surface area is 117 Å². The van der Waals surface area contributed by atoms with Gasteiger partial charge in [-0.2, -0.15) is 4.57 Å². The number of hydrogen-bond acceptors (Lipinski definition) is 0. The highest BCUT2D eigenvalue weighted by Crippen LogP contribution is 2.20. The second kappa shape index (κ2) is 4.46. The Morgan fingerprint density at radius 2 is 1.25 bits per heavy atom. The molecule has 1 nitrogen and oxygen atoms in total. The second-order valence-electron chi connectivity index (χ2n) is 4.94. The average Bonchev–Trinajstić information content (AvgIpc) is 2.54. The molecule has 0 spiro atoms. The molecule has 20 heavy (non-hydrogen) atoms. The SMILES string of the molecule is c1ccc2c(-[n+]3cccc4ccccc43)cccc2c1. The largest absolute Gasteiger partial charge is 0.219 e. The molecule has 0 atom stereocenters. The van der Waals surface area contributed by atoms with Crippen molar-refractivity contribution in [3.63, 3.8) is 0 Å². The first-order valence-corrected chi connectivity index (χ1v) is 6.81. The van der Waals surface area contributed by atoms with Crippen molar-refractivity contribution in [3.8, 4) is 5.69 Å². The Bertz CT molecular complexity index is 821. The first-order chi connectivity index (χ1) is 9.93. The summed E-state index contributed by atoms with van der Waals surface area (Å²) in [6, 6.07) is 27.7. The van der Waals surface area contributed by atoms with E-state index in [-0.39, 0.29) is 0 Å². The van der Waals surface area contributed by atoms with Gasteiger partial charge in [0.25, 0.3) is 0 Å². The van der Waals surface area contributed by atoms with Crippen molar-refractivity contribution in [1.82, 2.24) is 0 Å². The van der Waals surface area contributed by atoms with Crippen molar-refractivity contribution in [2.24, 2.45) is 0 Å². The summed E-state index contributed by atoms with van der Waals surface area (Å²) in [5.74, 6) is 0. The number of hydrogen-bond donors (Lipinski definition) is 0. The van der Waals surface area contributed by atoms with Crippen LogP contribution in [0.5, 0.6) is 0 Å². The third-order valence-corrected chi connectivity index (χ3v) is 3.73. The van der Waals surface area contributed by atoms with Crippen LogP contribution in [0.25, 0.3) is 27.4 Å². The number of nitrogens with zero attached hydrogens (tertiary/aromatic N) is 1. The minimum absolute atomic E-state index is 1.22. The monoisotopic (exact) mass is 256 g/mol. The highest BCUT2D eigenvalue weighted by Gasteiger charge is 2.13. The number of para-hydroxylation sites is 1. The third-order valence-electron chi connectivity index (χ3n) is 3.73. The molecule has 1 heterocycles. The Morgan fingerprint density at radius 3 is 2.20 bits per heavy atom. The van der Waals surface area contributed by atoms with Gasteiger partial charge in [-0.1, -0.05) is 42.5 Å². The van der Waals surface area contributed by atoms with Crippen LogP contribution in [0.15, 0.2) is 85.1 Å². The zero-order valence-corrected chi connectivity index (χ0v) is 11.0. The van der Waals surface area contributed by atoms with E-state index in [1.54, 1.807) is 0 Å². The lowest BCUT2D eigenvalue weighted by Crippen LogP contribution is -2.31. The lowest BCUT2D eigenvalue weighted by atomic mass is 10.1. The van der Waals surface area contributed by atoms with Gasteiger partial charge in [0.15, 0.2) is 6.20 Å². The molecule has 0 aliphatic carbocycles. The molecule has 94 valence electrons. The topological polar surface area (TPSA) is 3.88 Å². The van der Waals surface area contributed by atoms with Crippen LogP contribution in [-0.4, -0.2) is 0 Å². The molecule has 0 aliphatic rings. The molecule has 0 unspecified atom stereocenters. The number of pyridine rings is 1. The third kappa shape index (κ3) is 1.68. The van der Waals surface area contributed by atoms with Crippen molar-refractivity contribution in [1.29, 1.82) is 0 Å². The molecular formula is C19H14N+. The maximum Gasteiger partial charge on any atom is 0.219 e. The van der Waals surface area contributed by atoms with Crippen LogP contribution in [0.2, 0.25) is 0 Å². The Kier molecular flexibility index (Phi) is 2.49. The van der Waals surface area contributed by atoms with E-state index in [1.165, 1.54) is 27.4 Å². The predicted octanol–water partition coefficient (Wildman–Crippen LogP) is 4.27. The highest BCUT2D eigenvalue weighted by molar-refractivity contribution is 5.89. The van der Waals surface area contributed by atoms with E-state index < -0.39 is 0 Å². The summed E-state index contributed by atoms with van der Waals surface area (Å²) >= 11 is 0. The Morgan fingerprint density at radius 1 is 0.550 bits per heavy atom. The fourth-order valence-corrected chi connectivity index (χ4v) is 2.79. The summed E-state index contributed by atoms with van der Waals surface area (Å²) in [7, 11) is 0. The standard InChI is InChI=1S/C19H14N/c1-3-11-17-15(7-1)9-5-13-19(17)20-14-6-10-16-8-2-4-12-18(16)20/h1-14H/q+1. The smallest absolute Gasteiger partial charge is 0.159 e. The van der Waals surface area contributed by atoms with Crippen molar-refractivity contribution in [2.75, 3.05) is 0 Å². The van der Waals surface area contributed by atoms with Crippen LogP contribution in [0.1, 0.15) is 0 Å². The van der Waals surface area contributed by atoms with Gasteiger partial charge in [0, 0.05) is 23.6 Å². The van der Waals surface area contributed by atoms with Crippen molar-refractivity contribution < 1.29 is 4.57 Å². The van der Waals surface area contributed by atoms with E-state index in [2.05, 4.69) is 89.6 Å². The molecule has 0 saturated heterocycles. The molecule has 0 N–H and O–H groups in total. The summed E-state index contributed by atoms with van der Waals surface area (Å²) in [5, 5.41) is 3.80. The van der Waals surface area contributed by atoms with Crippen molar-refractivity contribution in [2.45, 2.75) is 0 Å². The van der Waals surface area contributed by atoms with Crippen LogP contribution < -0.4 is 4.57 Å². The molecule has 4 aromatic rings. The number of aromatic nitrogens is 1. The van der Waals surface area contributed by atoms with Crippen LogP contribution in [0.4, 0.5) is 0 Å². The molecule has 0 amide bonds. The molecule has 1 aromatic heterocycles. The van der Waals surface area contributed by atoms with E-state index in [4.69, 9.17) is 0 Å². The highest BCUT2D eigenvalue weighted by atomic mass is 15.0. The van der Waals surface area contributed by atoms with Crippen molar-refractivity contribution in [3.05, 3.63) is 85.1 Å². The van der Waals surface area contributed by atoms with Crippen LogP contribution in [0.3, 0.4) is 0 Å². The van der Waals surface area contributed by atoms with Gasteiger partial charge >= 0.3 is 0 Å². The molecule has 0 radical (unpaired) electrons. The first-order valence-electron chi connectivity index (χ1n) is 6.81. The average molecular weight is 256 g/mol. The van der Waals surface area contributed by atoms with Gasteiger partial charge in [0.05, 0.1) is 5.39 Å². The lowest BCUT2D eigenvalue weighted by molar-refractivity contribution is -0.565. The Hall–Kier alpha value is -2.67. The zero-order valence-electron chi connectivity index (χ0n) is 11.0. The normalized spacial score (nSPS) is 11.0. The van der Waals surface area contributed by atoms with Crippen LogP contribution >= 0.6 is 0 Å². The minimum Gasteiger partial charge on any atom is -0.159 e. The number of rotatable bonds is 1. The van der Waals surface area contributed by atoms with Crippen LogP contribution in [0, 0.1) is 0 Å². The molecule has 0 bridgehead atoms. The molecule has 1 heteroatoms. The summed E-state index contributed by atoms with van der Waals surface area (Å²) in [6.07, 6.45) is 2.13. The van der Waals surface area contributed by atoms with Crippen LogP contribution in [-0.2, 0) is 0 Å². The quantitative estimate of drug-likeness (QED) is 0.448. The van der Waals surface area contributed by atoms with Crippen molar-refractivity contribution >= 4 is 21.7 Å². The Balaban J connectivity index is 2.12. The summed E-state index contributed by atoms with van der Waals surface area (Å²) in [5.41, 5.74) is 2.45. The van der Waals surface area contributed by atoms with Gasteiger partial charge in [-0.15, -0.1) is 0 Å². The molecule has 4 rings (SSSR count). The van der Waals surface area contributed by atoms with E-state index >= 15 is 0 Å². The maximum atomic E-state index is 2.26. The molecule has 0 aliphatic heterocycles. The number of fused-ring (bicyclic) bond motifs is 2. The lowest BCUT2D eigenvalue weighted by Gasteiger charge is -2.04. The maximum absolute atomic E-state index is 2.26. The fourth-order valence-electron chi connectivity index (χ4n) is 2.79. The van der Waals surface area contributed by atoms with Gasteiger partial charge in [-0.3, -0.25) is 0 Å². The van der Waals surface area contributed by atoms with E-state index in [9.17, 15) is 0 Å². The molecular weight excluding hydrogens is 242 g/mol. The molecule has 3 aromatic carbocycles. The second-order valence-corrected chi connectivity index (χ2v) is 4.94. The summed E-state index contributed by atoms with van der Waals surface area (Å²) in [6.45, 7) is 0. The molecule has 0 fully saturated rings.